The molecule has 0 heterocycles. The highest BCUT2D eigenvalue weighted by Crippen LogP contribution is 2.19. The van der Waals surface area contributed by atoms with Gasteiger partial charge in [0.25, 0.3) is 0 Å². The minimum absolute atomic E-state index is 0.117. The summed E-state index contributed by atoms with van der Waals surface area (Å²) in [5, 5.41) is 3.25. The summed E-state index contributed by atoms with van der Waals surface area (Å²) in [5.74, 6) is -0.249. The molecular weight excluding hydrogens is 291 g/mol. The summed E-state index contributed by atoms with van der Waals surface area (Å²) >= 11 is 0. The molecule has 6 heteroatoms. The minimum atomic E-state index is -3.35. The van der Waals surface area contributed by atoms with E-state index in [4.69, 9.17) is 0 Å². The molecule has 0 saturated heterocycles. The van der Waals surface area contributed by atoms with Gasteiger partial charge in [-0.25, -0.2) is 12.8 Å². The summed E-state index contributed by atoms with van der Waals surface area (Å²) in [6.45, 7) is 6.03. The van der Waals surface area contributed by atoms with E-state index >= 15 is 0 Å². The van der Waals surface area contributed by atoms with E-state index in [2.05, 4.69) is 12.2 Å². The molecule has 1 aromatic carbocycles. The Bertz CT molecular complexity index is 503. The summed E-state index contributed by atoms with van der Waals surface area (Å²) in [5.41, 5.74) is 0.517. The lowest BCUT2D eigenvalue weighted by Crippen LogP contribution is -2.33. The Hall–Kier alpha value is -1.14. The van der Waals surface area contributed by atoms with Gasteiger partial charge in [-0.2, -0.15) is 0 Å². The van der Waals surface area contributed by atoms with Gasteiger partial charge in [-0.3, -0.25) is 4.31 Å². The maximum absolute atomic E-state index is 12.9. The fourth-order valence-corrected chi connectivity index (χ4v) is 3.72. The molecule has 0 aliphatic heterocycles. The quantitative estimate of drug-likeness (QED) is 0.675. The molecule has 0 bridgehead atoms. The van der Waals surface area contributed by atoms with E-state index in [1.54, 1.807) is 6.92 Å². The maximum Gasteiger partial charge on any atom is 0.235 e. The van der Waals surface area contributed by atoms with Crippen molar-refractivity contribution in [3.05, 3.63) is 30.1 Å². The van der Waals surface area contributed by atoms with Gasteiger partial charge in [0.2, 0.25) is 10.0 Å². The van der Waals surface area contributed by atoms with Crippen LogP contribution < -0.4 is 9.62 Å². The Labute approximate surface area is 127 Å². The highest BCUT2D eigenvalue weighted by atomic mass is 32.2. The Morgan fingerprint density at radius 3 is 2.33 bits per heavy atom. The van der Waals surface area contributed by atoms with Gasteiger partial charge in [0.1, 0.15) is 5.82 Å². The lowest BCUT2D eigenvalue weighted by atomic mass is 10.3. The molecule has 0 radical (unpaired) electrons. The van der Waals surface area contributed by atoms with Crippen LogP contribution in [0, 0.1) is 5.82 Å². The monoisotopic (exact) mass is 316 g/mol. The van der Waals surface area contributed by atoms with E-state index in [1.807, 2.05) is 0 Å². The van der Waals surface area contributed by atoms with Crippen LogP contribution >= 0.6 is 0 Å². The predicted octanol–water partition coefficient (Wildman–Crippen LogP) is 2.76. The zero-order valence-corrected chi connectivity index (χ0v) is 13.6. The van der Waals surface area contributed by atoms with E-state index in [0.717, 1.165) is 25.9 Å². The van der Waals surface area contributed by atoms with Crippen molar-refractivity contribution in [1.82, 2.24) is 5.32 Å². The van der Waals surface area contributed by atoms with Crippen LogP contribution in [0.1, 0.15) is 33.1 Å². The smallest absolute Gasteiger partial charge is 0.235 e. The number of nitrogens with one attached hydrogen (secondary N) is 1. The Kier molecular flexibility index (Phi) is 7.67. The predicted molar refractivity (Wildman–Crippen MR) is 85.6 cm³/mol. The third-order valence-corrected chi connectivity index (χ3v) is 5.12. The van der Waals surface area contributed by atoms with Gasteiger partial charge >= 0.3 is 0 Å². The number of unbranched alkanes of at least 4 members (excludes halogenated alkanes) is 1. The molecule has 0 amide bonds. The standard InChI is InChI=1S/C15H25FN2O2S/c1-3-11-17-12-5-6-13-21(19,20)18(4-2)15-9-7-14(16)8-10-15/h7-10,17H,3-6,11-13H2,1-2H3. The van der Waals surface area contributed by atoms with Crippen molar-refractivity contribution in [2.24, 2.45) is 0 Å². The van der Waals surface area contributed by atoms with Crippen molar-refractivity contribution >= 4 is 15.7 Å². The molecule has 0 spiro atoms. The van der Waals surface area contributed by atoms with Gasteiger partial charge in [0.05, 0.1) is 11.4 Å². The minimum Gasteiger partial charge on any atom is -0.317 e. The zero-order valence-electron chi connectivity index (χ0n) is 12.8. The van der Waals surface area contributed by atoms with Crippen LogP contribution in [0.15, 0.2) is 24.3 Å². The van der Waals surface area contributed by atoms with Crippen molar-refractivity contribution in [3.63, 3.8) is 0 Å². The lowest BCUT2D eigenvalue weighted by molar-refractivity contribution is 0.582. The van der Waals surface area contributed by atoms with E-state index in [9.17, 15) is 12.8 Å². The summed E-state index contributed by atoms with van der Waals surface area (Å²) in [6, 6.07) is 5.56. The van der Waals surface area contributed by atoms with Gasteiger partial charge in [-0.15, -0.1) is 0 Å². The first kappa shape index (κ1) is 17.9. The van der Waals surface area contributed by atoms with Crippen molar-refractivity contribution in [1.29, 1.82) is 0 Å². The van der Waals surface area contributed by atoms with Crippen LogP contribution in [0.4, 0.5) is 10.1 Å². The van der Waals surface area contributed by atoms with E-state index < -0.39 is 10.0 Å². The molecule has 1 rings (SSSR count). The topological polar surface area (TPSA) is 49.4 Å². The van der Waals surface area contributed by atoms with Crippen LogP contribution in [0.2, 0.25) is 0 Å². The third-order valence-electron chi connectivity index (χ3n) is 3.17. The van der Waals surface area contributed by atoms with Crippen LogP contribution in [-0.4, -0.2) is 33.8 Å². The number of halogens is 1. The molecule has 0 atom stereocenters. The second kappa shape index (κ2) is 9.00. The highest BCUT2D eigenvalue weighted by Gasteiger charge is 2.20. The van der Waals surface area contributed by atoms with Gasteiger partial charge in [0.15, 0.2) is 0 Å². The second-order valence-electron chi connectivity index (χ2n) is 4.91. The van der Waals surface area contributed by atoms with Crippen LogP contribution in [0.25, 0.3) is 0 Å². The van der Waals surface area contributed by atoms with Crippen LogP contribution in [-0.2, 0) is 10.0 Å². The maximum atomic E-state index is 12.9. The number of rotatable bonds is 10. The Morgan fingerprint density at radius 2 is 1.76 bits per heavy atom. The molecule has 0 aliphatic rings. The van der Waals surface area contributed by atoms with E-state index in [-0.39, 0.29) is 11.6 Å². The third kappa shape index (κ3) is 6.01. The molecule has 0 saturated carbocycles. The van der Waals surface area contributed by atoms with Gasteiger partial charge in [-0.1, -0.05) is 6.92 Å². The summed E-state index contributed by atoms with van der Waals surface area (Å²) in [7, 11) is -3.35. The molecule has 1 aromatic rings. The van der Waals surface area contributed by atoms with Gasteiger partial charge in [0, 0.05) is 6.54 Å². The number of anilines is 1. The van der Waals surface area contributed by atoms with Crippen molar-refractivity contribution in [2.75, 3.05) is 29.7 Å². The molecule has 0 unspecified atom stereocenters. The van der Waals surface area contributed by atoms with E-state index in [1.165, 1.54) is 28.6 Å². The number of hydrogen-bond acceptors (Lipinski definition) is 3. The summed E-state index contributed by atoms with van der Waals surface area (Å²) in [6.07, 6.45) is 2.53. The number of benzene rings is 1. The molecule has 1 N–H and O–H groups in total. The highest BCUT2D eigenvalue weighted by molar-refractivity contribution is 7.92. The number of hydrogen-bond donors (Lipinski definition) is 1. The fraction of sp³-hybridized carbons (Fsp3) is 0.600. The van der Waals surface area contributed by atoms with Gasteiger partial charge in [-0.05, 0) is 63.5 Å². The van der Waals surface area contributed by atoms with Crippen molar-refractivity contribution in [2.45, 2.75) is 33.1 Å². The zero-order chi connectivity index (χ0) is 15.7. The average Bonchev–Trinajstić information content (AvgIpc) is 2.45. The summed E-state index contributed by atoms with van der Waals surface area (Å²) < 4.78 is 39.0. The van der Waals surface area contributed by atoms with E-state index in [0.29, 0.717) is 18.7 Å². The Balaban J connectivity index is 2.56. The first-order valence-corrected chi connectivity index (χ1v) is 9.09. The largest absolute Gasteiger partial charge is 0.317 e. The first-order valence-electron chi connectivity index (χ1n) is 7.48. The number of nitrogens with zero attached hydrogens (tertiary/aromatic N) is 1. The molecule has 0 aromatic heterocycles. The molecule has 4 nitrogen and oxygen atoms in total. The Morgan fingerprint density at radius 1 is 1.10 bits per heavy atom. The van der Waals surface area contributed by atoms with Crippen LogP contribution in [0.3, 0.4) is 0 Å². The fourth-order valence-electron chi connectivity index (χ4n) is 2.09. The summed E-state index contributed by atoms with van der Waals surface area (Å²) in [4.78, 5) is 0. The van der Waals surface area contributed by atoms with Crippen molar-refractivity contribution in [3.8, 4) is 0 Å². The molecule has 0 fully saturated rings. The second-order valence-corrected chi connectivity index (χ2v) is 6.93. The lowest BCUT2D eigenvalue weighted by Gasteiger charge is -2.22. The van der Waals surface area contributed by atoms with Gasteiger partial charge < -0.3 is 5.32 Å². The van der Waals surface area contributed by atoms with Crippen molar-refractivity contribution < 1.29 is 12.8 Å². The average molecular weight is 316 g/mol. The number of sulfonamides is 1. The molecule has 21 heavy (non-hydrogen) atoms. The molecular formula is C15H25FN2O2S. The normalized spacial score (nSPS) is 11.6. The SMILES string of the molecule is CCCNCCCCS(=O)(=O)N(CC)c1ccc(F)cc1. The first-order chi connectivity index (χ1) is 10.0. The van der Waals surface area contributed by atoms with Crippen LogP contribution in [0.5, 0.6) is 0 Å². The molecule has 0 aliphatic carbocycles. The molecule has 120 valence electrons.